The summed E-state index contributed by atoms with van der Waals surface area (Å²) in [5, 5.41) is 8.92. The molecule has 8 heteroatoms. The van der Waals surface area contributed by atoms with Crippen LogP contribution in [-0.2, 0) is 10.0 Å². The highest BCUT2D eigenvalue weighted by Gasteiger charge is 2.29. The lowest BCUT2D eigenvalue weighted by Gasteiger charge is -2.21. The predicted octanol–water partition coefficient (Wildman–Crippen LogP) is 0.194. The number of hydrogen-bond donors (Lipinski definition) is 1. The van der Waals surface area contributed by atoms with E-state index in [2.05, 4.69) is 15.0 Å². The van der Waals surface area contributed by atoms with Crippen molar-refractivity contribution in [3.8, 4) is 0 Å². The highest BCUT2D eigenvalue weighted by molar-refractivity contribution is 7.89. The van der Waals surface area contributed by atoms with Crippen molar-refractivity contribution in [3.05, 3.63) is 11.7 Å². The molecule has 0 bridgehead atoms. The summed E-state index contributed by atoms with van der Waals surface area (Å²) in [6.07, 6.45) is 2.58. The van der Waals surface area contributed by atoms with Gasteiger partial charge in [-0.05, 0) is 32.4 Å². The molecular weight excluding hydrogens is 256 g/mol. The van der Waals surface area contributed by atoms with Crippen molar-refractivity contribution in [3.63, 3.8) is 0 Å². The zero-order valence-electron chi connectivity index (χ0n) is 10.4. The summed E-state index contributed by atoms with van der Waals surface area (Å²) < 4.78 is 26.7. The number of rotatable bonds is 5. The first-order valence-electron chi connectivity index (χ1n) is 6.00. The van der Waals surface area contributed by atoms with Gasteiger partial charge < -0.3 is 4.52 Å². The SMILES string of the molecule is Cc1nc([C@H]2CCCN2CCCS(N)(=O)=O)no1. The average molecular weight is 274 g/mol. The molecule has 2 heterocycles. The first-order chi connectivity index (χ1) is 8.46. The van der Waals surface area contributed by atoms with Crippen LogP contribution >= 0.6 is 0 Å². The van der Waals surface area contributed by atoms with Crippen LogP contribution in [0, 0.1) is 6.92 Å². The molecule has 7 nitrogen and oxygen atoms in total. The van der Waals surface area contributed by atoms with Crippen LogP contribution in [0.3, 0.4) is 0 Å². The maximum atomic E-state index is 10.9. The predicted molar refractivity (Wildman–Crippen MR) is 65.2 cm³/mol. The molecule has 1 aliphatic heterocycles. The monoisotopic (exact) mass is 274 g/mol. The van der Waals surface area contributed by atoms with Gasteiger partial charge in [0.05, 0.1) is 11.8 Å². The second-order valence-corrected chi connectivity index (χ2v) is 6.32. The van der Waals surface area contributed by atoms with Gasteiger partial charge >= 0.3 is 0 Å². The Hall–Kier alpha value is -0.990. The molecule has 0 spiro atoms. The van der Waals surface area contributed by atoms with Crippen LogP contribution in [0.1, 0.15) is 37.0 Å². The maximum absolute atomic E-state index is 10.9. The Morgan fingerprint density at radius 3 is 2.94 bits per heavy atom. The molecule has 0 radical (unpaired) electrons. The molecule has 0 amide bonds. The van der Waals surface area contributed by atoms with Crippen molar-refractivity contribution in [2.24, 2.45) is 5.14 Å². The molecule has 0 aliphatic carbocycles. The van der Waals surface area contributed by atoms with Crippen molar-refractivity contribution in [2.75, 3.05) is 18.8 Å². The minimum atomic E-state index is -3.37. The third-order valence-corrected chi connectivity index (χ3v) is 3.94. The number of aryl methyl sites for hydroxylation is 1. The van der Waals surface area contributed by atoms with Crippen LogP contribution in [0.2, 0.25) is 0 Å². The second kappa shape index (κ2) is 5.33. The summed E-state index contributed by atoms with van der Waals surface area (Å²) in [5.74, 6) is 1.27. The van der Waals surface area contributed by atoms with Crippen LogP contribution < -0.4 is 5.14 Å². The van der Waals surface area contributed by atoms with Gasteiger partial charge in [0, 0.05) is 6.92 Å². The zero-order chi connectivity index (χ0) is 13.2. The van der Waals surface area contributed by atoms with Gasteiger partial charge in [0.1, 0.15) is 0 Å². The Labute approximate surface area is 106 Å². The fourth-order valence-electron chi connectivity index (χ4n) is 2.31. The summed E-state index contributed by atoms with van der Waals surface area (Å²) in [7, 11) is -3.37. The lowest BCUT2D eigenvalue weighted by Crippen LogP contribution is -2.27. The normalized spacial score (nSPS) is 21.6. The van der Waals surface area contributed by atoms with Crippen molar-refractivity contribution in [1.29, 1.82) is 0 Å². The molecule has 18 heavy (non-hydrogen) atoms. The quantitative estimate of drug-likeness (QED) is 0.822. The lowest BCUT2D eigenvalue weighted by atomic mass is 10.2. The summed E-state index contributed by atoms with van der Waals surface area (Å²) in [5.41, 5.74) is 0. The minimum Gasteiger partial charge on any atom is -0.340 e. The summed E-state index contributed by atoms with van der Waals surface area (Å²) >= 11 is 0. The fourth-order valence-corrected chi connectivity index (χ4v) is 2.84. The molecule has 0 aromatic carbocycles. The van der Waals surface area contributed by atoms with Crippen LogP contribution in [0.5, 0.6) is 0 Å². The van der Waals surface area contributed by atoms with E-state index in [4.69, 9.17) is 9.66 Å². The van der Waals surface area contributed by atoms with Gasteiger partial charge in [-0.3, -0.25) is 4.90 Å². The third-order valence-electron chi connectivity index (χ3n) is 3.08. The van der Waals surface area contributed by atoms with Gasteiger partial charge in [0.2, 0.25) is 15.9 Å². The van der Waals surface area contributed by atoms with Crippen molar-refractivity contribution < 1.29 is 12.9 Å². The van der Waals surface area contributed by atoms with E-state index in [1.807, 2.05) is 0 Å². The lowest BCUT2D eigenvalue weighted by molar-refractivity contribution is 0.243. The van der Waals surface area contributed by atoms with E-state index in [1.54, 1.807) is 6.92 Å². The van der Waals surface area contributed by atoms with Crippen LogP contribution in [-0.4, -0.2) is 42.3 Å². The number of nitrogens with two attached hydrogens (primary N) is 1. The average Bonchev–Trinajstić information content (AvgIpc) is 2.84. The van der Waals surface area contributed by atoms with Gasteiger partial charge in [-0.2, -0.15) is 4.98 Å². The smallest absolute Gasteiger partial charge is 0.223 e. The summed E-state index contributed by atoms with van der Waals surface area (Å²) in [6, 6.07) is 0.142. The van der Waals surface area contributed by atoms with E-state index >= 15 is 0 Å². The Balaban J connectivity index is 1.92. The van der Waals surface area contributed by atoms with Crippen molar-refractivity contribution in [1.82, 2.24) is 15.0 Å². The standard InChI is InChI=1S/C10H18N4O3S/c1-8-12-10(13-17-8)9-4-2-5-14(9)6-3-7-18(11,15)16/h9H,2-7H2,1H3,(H2,11,15,16)/t9-/m1/s1. The summed E-state index contributed by atoms with van der Waals surface area (Å²) in [6.45, 7) is 3.38. The molecule has 1 atom stereocenters. The molecule has 2 N–H and O–H groups in total. The second-order valence-electron chi connectivity index (χ2n) is 4.59. The highest BCUT2D eigenvalue weighted by atomic mass is 32.2. The largest absolute Gasteiger partial charge is 0.340 e. The summed E-state index contributed by atoms with van der Waals surface area (Å²) in [4.78, 5) is 6.43. The first kappa shape index (κ1) is 13.4. The van der Waals surface area contributed by atoms with E-state index in [0.717, 1.165) is 19.4 Å². The van der Waals surface area contributed by atoms with Crippen molar-refractivity contribution >= 4 is 10.0 Å². The Morgan fingerprint density at radius 1 is 1.56 bits per heavy atom. The molecule has 1 aromatic heterocycles. The molecule has 0 saturated carbocycles. The number of primary sulfonamides is 1. The van der Waals surface area contributed by atoms with E-state index in [-0.39, 0.29) is 11.8 Å². The Kier molecular flexibility index (Phi) is 3.98. The number of sulfonamides is 1. The molecule has 102 valence electrons. The van der Waals surface area contributed by atoms with E-state index in [9.17, 15) is 8.42 Å². The highest BCUT2D eigenvalue weighted by Crippen LogP contribution is 2.29. The number of nitrogens with zero attached hydrogens (tertiary/aromatic N) is 3. The van der Waals surface area contributed by atoms with Gasteiger partial charge in [0.15, 0.2) is 5.82 Å². The van der Waals surface area contributed by atoms with Gasteiger partial charge in [0.25, 0.3) is 0 Å². The Morgan fingerprint density at radius 2 is 2.33 bits per heavy atom. The number of hydrogen-bond acceptors (Lipinski definition) is 6. The van der Waals surface area contributed by atoms with Crippen molar-refractivity contribution in [2.45, 2.75) is 32.2 Å². The number of aromatic nitrogens is 2. The van der Waals surface area contributed by atoms with E-state index < -0.39 is 10.0 Å². The maximum Gasteiger partial charge on any atom is 0.223 e. The van der Waals surface area contributed by atoms with Crippen LogP contribution in [0.25, 0.3) is 0 Å². The topological polar surface area (TPSA) is 102 Å². The molecule has 1 aliphatic rings. The molecular formula is C10H18N4O3S. The fraction of sp³-hybridized carbons (Fsp3) is 0.800. The van der Waals surface area contributed by atoms with Crippen LogP contribution in [0.15, 0.2) is 4.52 Å². The van der Waals surface area contributed by atoms with Gasteiger partial charge in [-0.25, -0.2) is 13.6 Å². The molecule has 0 unspecified atom stereocenters. The van der Waals surface area contributed by atoms with E-state index in [0.29, 0.717) is 24.7 Å². The molecule has 2 rings (SSSR count). The Bertz CT molecular complexity index is 499. The zero-order valence-corrected chi connectivity index (χ0v) is 11.2. The molecule has 1 aromatic rings. The van der Waals surface area contributed by atoms with Gasteiger partial charge in [-0.1, -0.05) is 5.16 Å². The number of likely N-dealkylation sites (tertiary alicyclic amines) is 1. The van der Waals surface area contributed by atoms with E-state index in [1.165, 1.54) is 0 Å². The van der Waals surface area contributed by atoms with Gasteiger partial charge in [-0.15, -0.1) is 0 Å². The van der Waals surface area contributed by atoms with Crippen LogP contribution in [0.4, 0.5) is 0 Å². The minimum absolute atomic E-state index is 0.0154. The molecule has 1 fully saturated rings. The molecule has 1 saturated heterocycles. The first-order valence-corrected chi connectivity index (χ1v) is 7.72. The third kappa shape index (κ3) is 3.50.